The molecule has 6 heteroatoms. The van der Waals surface area contributed by atoms with E-state index in [0.29, 0.717) is 6.08 Å². The SMILES string of the molecule is C=CCOOC(=CC(=O)O)C(=O)O. The highest BCUT2D eigenvalue weighted by Crippen LogP contribution is 1.98. The Hall–Kier alpha value is -1.82. The molecule has 0 fully saturated rings. The van der Waals surface area contributed by atoms with Gasteiger partial charge < -0.3 is 15.1 Å². The van der Waals surface area contributed by atoms with Gasteiger partial charge in [-0.05, 0) is 0 Å². The quantitative estimate of drug-likeness (QED) is 0.154. The Kier molecular flexibility index (Phi) is 4.97. The molecule has 0 rings (SSSR count). The fourth-order valence-corrected chi connectivity index (χ4v) is 0.379. The molecule has 0 radical (unpaired) electrons. The summed E-state index contributed by atoms with van der Waals surface area (Å²) in [7, 11) is 0. The van der Waals surface area contributed by atoms with Gasteiger partial charge in [-0.3, -0.25) is 0 Å². The molecule has 0 bridgehead atoms. The average molecular weight is 188 g/mol. The Balaban J connectivity index is 4.18. The largest absolute Gasteiger partial charge is 0.478 e. The van der Waals surface area contributed by atoms with Crippen LogP contribution >= 0.6 is 0 Å². The second kappa shape index (κ2) is 5.78. The lowest BCUT2D eigenvalue weighted by atomic mass is 10.4. The van der Waals surface area contributed by atoms with Crippen LogP contribution in [-0.4, -0.2) is 28.8 Å². The zero-order chi connectivity index (χ0) is 10.3. The fourth-order valence-electron chi connectivity index (χ4n) is 0.379. The van der Waals surface area contributed by atoms with E-state index in [1.54, 1.807) is 0 Å². The summed E-state index contributed by atoms with van der Waals surface area (Å²) in [5.41, 5.74) is 0. The number of carboxylic acid groups (broad SMARTS) is 2. The van der Waals surface area contributed by atoms with Crippen LogP contribution in [0.5, 0.6) is 0 Å². The molecule has 0 unspecified atom stereocenters. The Bertz CT molecular complexity index is 241. The van der Waals surface area contributed by atoms with Gasteiger partial charge in [0, 0.05) is 0 Å². The second-order valence-corrected chi connectivity index (χ2v) is 1.81. The van der Waals surface area contributed by atoms with Crippen LogP contribution in [0.3, 0.4) is 0 Å². The number of hydrogen-bond donors (Lipinski definition) is 2. The van der Waals surface area contributed by atoms with Crippen LogP contribution in [0.15, 0.2) is 24.5 Å². The van der Waals surface area contributed by atoms with Crippen LogP contribution in [0.25, 0.3) is 0 Å². The number of carbonyl (C=O) groups is 2. The van der Waals surface area contributed by atoms with Crippen LogP contribution < -0.4 is 0 Å². The molecular formula is C7H8O6. The van der Waals surface area contributed by atoms with Crippen molar-refractivity contribution in [2.24, 2.45) is 0 Å². The van der Waals surface area contributed by atoms with Crippen LogP contribution in [0, 0.1) is 0 Å². The van der Waals surface area contributed by atoms with Gasteiger partial charge in [0.25, 0.3) is 5.76 Å². The predicted molar refractivity (Wildman–Crippen MR) is 40.6 cm³/mol. The lowest BCUT2D eigenvalue weighted by molar-refractivity contribution is -0.254. The normalized spacial score (nSPS) is 10.6. The summed E-state index contributed by atoms with van der Waals surface area (Å²) in [6.07, 6.45) is 1.70. The zero-order valence-corrected chi connectivity index (χ0v) is 6.60. The molecule has 0 atom stereocenters. The summed E-state index contributed by atoms with van der Waals surface area (Å²) in [4.78, 5) is 28.8. The third-order valence-corrected chi connectivity index (χ3v) is 0.800. The van der Waals surface area contributed by atoms with E-state index in [1.165, 1.54) is 6.08 Å². The first-order valence-corrected chi connectivity index (χ1v) is 3.16. The van der Waals surface area contributed by atoms with Gasteiger partial charge in [0.2, 0.25) is 0 Å². The van der Waals surface area contributed by atoms with Crippen molar-refractivity contribution in [3.8, 4) is 0 Å². The lowest BCUT2D eigenvalue weighted by Gasteiger charge is -2.01. The molecule has 0 aliphatic heterocycles. The smallest absolute Gasteiger partial charge is 0.375 e. The van der Waals surface area contributed by atoms with Gasteiger partial charge in [-0.2, -0.15) is 4.89 Å². The van der Waals surface area contributed by atoms with E-state index in [1.807, 2.05) is 0 Å². The van der Waals surface area contributed by atoms with Crippen LogP contribution in [0.1, 0.15) is 0 Å². The minimum atomic E-state index is -1.52. The molecule has 0 saturated heterocycles. The van der Waals surface area contributed by atoms with E-state index in [0.717, 1.165) is 0 Å². The van der Waals surface area contributed by atoms with E-state index in [9.17, 15) is 9.59 Å². The molecule has 0 aromatic rings. The van der Waals surface area contributed by atoms with Gasteiger partial charge in [0.05, 0.1) is 6.08 Å². The maximum atomic E-state index is 10.3. The molecule has 13 heavy (non-hydrogen) atoms. The highest BCUT2D eigenvalue weighted by atomic mass is 17.2. The maximum Gasteiger partial charge on any atom is 0.375 e. The minimum Gasteiger partial charge on any atom is -0.478 e. The number of rotatable bonds is 6. The molecule has 2 N–H and O–H groups in total. The van der Waals surface area contributed by atoms with E-state index in [2.05, 4.69) is 16.4 Å². The van der Waals surface area contributed by atoms with Gasteiger partial charge in [-0.15, -0.1) is 6.58 Å². The summed E-state index contributed by atoms with van der Waals surface area (Å²) < 4.78 is 0. The number of aliphatic carboxylic acids is 2. The predicted octanol–water partition coefficient (Wildman–Crippen LogP) is 0.174. The van der Waals surface area contributed by atoms with Crippen molar-refractivity contribution in [1.29, 1.82) is 0 Å². The first-order valence-electron chi connectivity index (χ1n) is 3.16. The van der Waals surface area contributed by atoms with Gasteiger partial charge >= 0.3 is 11.9 Å². The van der Waals surface area contributed by atoms with E-state index < -0.39 is 17.7 Å². The molecule has 72 valence electrons. The second-order valence-electron chi connectivity index (χ2n) is 1.81. The lowest BCUT2D eigenvalue weighted by Crippen LogP contribution is -2.08. The highest BCUT2D eigenvalue weighted by Gasteiger charge is 2.11. The zero-order valence-electron chi connectivity index (χ0n) is 6.60. The molecule has 0 aliphatic carbocycles. The van der Waals surface area contributed by atoms with Crippen molar-refractivity contribution >= 4 is 11.9 Å². The molecule has 0 saturated carbocycles. The summed E-state index contributed by atoms with van der Waals surface area (Å²) in [5.74, 6) is -3.75. The van der Waals surface area contributed by atoms with Gasteiger partial charge in [-0.25, -0.2) is 9.59 Å². The standard InChI is InChI=1S/C7H8O6/c1-2-3-12-13-5(7(10)11)4-6(8)9/h2,4H,1,3H2,(H,8,9)(H,10,11). The molecule has 0 aromatic heterocycles. The Labute approximate surface area is 73.6 Å². The van der Waals surface area contributed by atoms with Crippen LogP contribution in [0.2, 0.25) is 0 Å². The molecule has 0 heterocycles. The van der Waals surface area contributed by atoms with E-state index in [-0.39, 0.29) is 6.61 Å². The van der Waals surface area contributed by atoms with E-state index in [4.69, 9.17) is 10.2 Å². The summed E-state index contributed by atoms with van der Waals surface area (Å²) in [6.45, 7) is 3.24. The summed E-state index contributed by atoms with van der Waals surface area (Å²) >= 11 is 0. The first kappa shape index (κ1) is 11.2. The highest BCUT2D eigenvalue weighted by molar-refractivity contribution is 5.92. The maximum absolute atomic E-state index is 10.3. The minimum absolute atomic E-state index is 0.0375. The third-order valence-electron chi connectivity index (χ3n) is 0.800. The Morgan fingerprint density at radius 2 is 2.00 bits per heavy atom. The molecular weight excluding hydrogens is 180 g/mol. The molecule has 0 aromatic carbocycles. The molecule has 0 spiro atoms. The van der Waals surface area contributed by atoms with Crippen molar-refractivity contribution in [3.05, 3.63) is 24.5 Å². The average Bonchev–Trinajstić information content (AvgIpc) is 2.02. The molecule has 0 aliphatic rings. The number of carboxylic acids is 2. The van der Waals surface area contributed by atoms with Gasteiger partial charge in [0.15, 0.2) is 0 Å². The third kappa shape index (κ3) is 5.45. The van der Waals surface area contributed by atoms with Crippen LogP contribution in [-0.2, 0) is 19.4 Å². The van der Waals surface area contributed by atoms with Crippen molar-refractivity contribution < 1.29 is 29.6 Å². The van der Waals surface area contributed by atoms with E-state index >= 15 is 0 Å². The molecule has 0 amide bonds. The van der Waals surface area contributed by atoms with Gasteiger partial charge in [0.1, 0.15) is 6.61 Å². The summed E-state index contributed by atoms with van der Waals surface area (Å²) in [6, 6.07) is 0. The Morgan fingerprint density at radius 3 is 2.38 bits per heavy atom. The van der Waals surface area contributed by atoms with Crippen molar-refractivity contribution in [2.45, 2.75) is 0 Å². The van der Waals surface area contributed by atoms with Gasteiger partial charge in [-0.1, -0.05) is 6.08 Å². The first-order chi connectivity index (χ1) is 6.07. The topological polar surface area (TPSA) is 93.1 Å². The number of hydrogen-bond acceptors (Lipinski definition) is 4. The van der Waals surface area contributed by atoms with Crippen molar-refractivity contribution in [1.82, 2.24) is 0 Å². The molecule has 6 nitrogen and oxygen atoms in total. The monoisotopic (exact) mass is 188 g/mol. The Morgan fingerprint density at radius 1 is 1.38 bits per heavy atom. The van der Waals surface area contributed by atoms with Crippen molar-refractivity contribution in [2.75, 3.05) is 6.61 Å². The van der Waals surface area contributed by atoms with Crippen molar-refractivity contribution in [3.63, 3.8) is 0 Å². The van der Waals surface area contributed by atoms with Crippen LogP contribution in [0.4, 0.5) is 0 Å². The summed E-state index contributed by atoms with van der Waals surface area (Å²) in [5, 5.41) is 16.6. The fraction of sp³-hybridized carbons (Fsp3) is 0.143.